The van der Waals surface area contributed by atoms with Crippen molar-refractivity contribution in [3.63, 3.8) is 0 Å². The number of thiocarbonyl (C=S) groups is 1. The number of rotatable bonds is 6. The fourth-order valence-electron chi connectivity index (χ4n) is 3.12. The zero-order valence-electron chi connectivity index (χ0n) is 16.7. The SMILES string of the molecule is COc1cc(/C=C2\SC(=S)NC2=O)cc(-c2ccc(Cl)cc2Cl)c1OCc1ccccn1. The lowest BCUT2D eigenvalue weighted by molar-refractivity contribution is -0.115. The molecule has 1 aromatic heterocycles. The fraction of sp³-hybridized carbons (Fsp3) is 0.0870. The Morgan fingerprint density at radius 1 is 1.16 bits per heavy atom. The monoisotopic (exact) mass is 502 g/mol. The van der Waals surface area contributed by atoms with Gasteiger partial charge in [-0.2, -0.15) is 0 Å². The second-order valence-corrected chi connectivity index (χ2v) is 9.25. The van der Waals surface area contributed by atoms with Crippen molar-refractivity contribution < 1.29 is 14.3 Å². The molecule has 0 radical (unpaired) electrons. The minimum atomic E-state index is -0.236. The molecule has 1 saturated heterocycles. The van der Waals surface area contributed by atoms with Gasteiger partial charge in [0.05, 0.1) is 22.7 Å². The van der Waals surface area contributed by atoms with Gasteiger partial charge in [-0.25, -0.2) is 0 Å². The van der Waals surface area contributed by atoms with Gasteiger partial charge in [0, 0.05) is 22.3 Å². The highest BCUT2D eigenvalue weighted by Gasteiger charge is 2.23. The predicted octanol–water partition coefficient (Wildman–Crippen LogP) is 6.13. The maximum absolute atomic E-state index is 12.1. The summed E-state index contributed by atoms with van der Waals surface area (Å²) in [5, 5.41) is 3.60. The fourth-order valence-corrected chi connectivity index (χ4v) is 4.67. The molecule has 1 amide bonds. The Morgan fingerprint density at radius 2 is 2.00 bits per heavy atom. The molecule has 0 aliphatic carbocycles. The van der Waals surface area contributed by atoms with E-state index in [1.165, 1.54) is 11.8 Å². The first-order chi connectivity index (χ1) is 15.4. The van der Waals surface area contributed by atoms with Gasteiger partial charge in [0.25, 0.3) is 5.91 Å². The van der Waals surface area contributed by atoms with Gasteiger partial charge < -0.3 is 14.8 Å². The van der Waals surface area contributed by atoms with Crippen LogP contribution < -0.4 is 14.8 Å². The average molecular weight is 503 g/mol. The van der Waals surface area contributed by atoms with Crippen LogP contribution in [0.3, 0.4) is 0 Å². The van der Waals surface area contributed by atoms with Crippen LogP contribution in [0.4, 0.5) is 0 Å². The molecular formula is C23H16Cl2N2O3S2. The number of methoxy groups -OCH3 is 1. The number of benzene rings is 2. The predicted molar refractivity (Wildman–Crippen MR) is 133 cm³/mol. The van der Waals surface area contributed by atoms with Crippen molar-refractivity contribution in [3.8, 4) is 22.6 Å². The zero-order chi connectivity index (χ0) is 22.7. The molecule has 0 bridgehead atoms. The minimum Gasteiger partial charge on any atom is -0.493 e. The molecule has 4 rings (SSSR count). The Kier molecular flexibility index (Phi) is 7.01. The number of halogens is 2. The number of nitrogens with one attached hydrogen (secondary N) is 1. The number of carbonyl (C=O) groups excluding carboxylic acids is 1. The third-order valence-electron chi connectivity index (χ3n) is 4.55. The first-order valence-electron chi connectivity index (χ1n) is 9.39. The normalized spacial score (nSPS) is 14.5. The van der Waals surface area contributed by atoms with E-state index in [9.17, 15) is 4.79 Å². The van der Waals surface area contributed by atoms with Gasteiger partial charge in [0.15, 0.2) is 11.5 Å². The Bertz CT molecular complexity index is 1230. The van der Waals surface area contributed by atoms with Gasteiger partial charge in [-0.15, -0.1) is 0 Å². The maximum atomic E-state index is 12.1. The summed E-state index contributed by atoms with van der Waals surface area (Å²) in [6.45, 7) is 0.238. The first kappa shape index (κ1) is 22.6. The van der Waals surface area contributed by atoms with E-state index in [0.29, 0.717) is 41.9 Å². The standard InChI is InChI=1S/C23H16Cl2N2O3S2/c1-29-19-9-13(10-20-22(28)27-23(31)32-20)8-17(16-6-5-14(24)11-18(16)25)21(19)30-12-15-4-2-3-7-26-15/h2-11H,12H2,1H3,(H,27,28,31)/b20-10-. The van der Waals surface area contributed by atoms with Crippen molar-refractivity contribution in [2.24, 2.45) is 0 Å². The van der Waals surface area contributed by atoms with Crippen LogP contribution in [0.2, 0.25) is 10.0 Å². The number of aromatic nitrogens is 1. The summed E-state index contributed by atoms with van der Waals surface area (Å²) in [7, 11) is 1.55. The molecule has 1 aliphatic heterocycles. The average Bonchev–Trinajstić information content (AvgIpc) is 3.09. The lowest BCUT2D eigenvalue weighted by atomic mass is 10.0. The lowest BCUT2D eigenvalue weighted by Crippen LogP contribution is -2.17. The summed E-state index contributed by atoms with van der Waals surface area (Å²) in [5.74, 6) is 0.756. The Hall–Kier alpha value is -2.58. The highest BCUT2D eigenvalue weighted by atomic mass is 35.5. The number of hydrogen-bond acceptors (Lipinski definition) is 6. The number of hydrogen-bond donors (Lipinski definition) is 1. The van der Waals surface area contributed by atoms with Crippen molar-refractivity contribution in [2.75, 3.05) is 7.11 Å². The molecule has 1 aliphatic rings. The van der Waals surface area contributed by atoms with Gasteiger partial charge in [-0.05, 0) is 48.0 Å². The van der Waals surface area contributed by atoms with E-state index in [2.05, 4.69) is 10.3 Å². The van der Waals surface area contributed by atoms with E-state index < -0.39 is 0 Å². The quantitative estimate of drug-likeness (QED) is 0.323. The summed E-state index contributed by atoms with van der Waals surface area (Å²) in [4.78, 5) is 16.9. The highest BCUT2D eigenvalue weighted by molar-refractivity contribution is 8.26. The van der Waals surface area contributed by atoms with Crippen molar-refractivity contribution in [2.45, 2.75) is 6.61 Å². The lowest BCUT2D eigenvalue weighted by Gasteiger charge is -2.17. The van der Waals surface area contributed by atoms with Gasteiger partial charge >= 0.3 is 0 Å². The molecule has 0 spiro atoms. The number of ether oxygens (including phenoxy) is 2. The summed E-state index contributed by atoms with van der Waals surface area (Å²) < 4.78 is 12.2. The van der Waals surface area contributed by atoms with Crippen LogP contribution in [0.15, 0.2) is 59.6 Å². The van der Waals surface area contributed by atoms with Crippen LogP contribution in [0.25, 0.3) is 17.2 Å². The third kappa shape index (κ3) is 5.07. The number of amides is 1. The van der Waals surface area contributed by atoms with Crippen LogP contribution in [-0.4, -0.2) is 22.3 Å². The van der Waals surface area contributed by atoms with Crippen molar-refractivity contribution >= 4 is 63.5 Å². The van der Waals surface area contributed by atoms with Crippen molar-refractivity contribution in [1.82, 2.24) is 10.3 Å². The number of carbonyl (C=O) groups is 1. The summed E-state index contributed by atoms with van der Waals surface area (Å²) >= 11 is 18.9. The molecular weight excluding hydrogens is 487 g/mol. The minimum absolute atomic E-state index is 0.236. The topological polar surface area (TPSA) is 60.5 Å². The Balaban J connectivity index is 1.82. The van der Waals surface area contributed by atoms with Crippen LogP contribution in [-0.2, 0) is 11.4 Å². The molecule has 0 saturated carbocycles. The molecule has 9 heteroatoms. The molecule has 2 aromatic carbocycles. The highest BCUT2D eigenvalue weighted by Crippen LogP contribution is 2.43. The van der Waals surface area contributed by atoms with Crippen molar-refractivity contribution in [1.29, 1.82) is 0 Å². The summed E-state index contributed by atoms with van der Waals surface area (Å²) in [5.41, 5.74) is 2.90. The molecule has 162 valence electrons. The first-order valence-corrected chi connectivity index (χ1v) is 11.4. The van der Waals surface area contributed by atoms with Crippen LogP contribution >= 0.6 is 47.2 Å². The number of pyridine rings is 1. The molecule has 32 heavy (non-hydrogen) atoms. The zero-order valence-corrected chi connectivity index (χ0v) is 19.9. The second kappa shape index (κ2) is 9.92. The van der Waals surface area contributed by atoms with E-state index in [-0.39, 0.29) is 12.5 Å². The van der Waals surface area contributed by atoms with Gasteiger partial charge in [-0.1, -0.05) is 59.3 Å². The summed E-state index contributed by atoms with van der Waals surface area (Å²) in [6.07, 6.45) is 3.45. The van der Waals surface area contributed by atoms with E-state index in [1.54, 1.807) is 37.6 Å². The van der Waals surface area contributed by atoms with E-state index in [0.717, 1.165) is 11.3 Å². The van der Waals surface area contributed by atoms with Crippen LogP contribution in [0, 0.1) is 0 Å². The van der Waals surface area contributed by atoms with Gasteiger partial charge in [-0.3, -0.25) is 9.78 Å². The molecule has 2 heterocycles. The third-order valence-corrected chi connectivity index (χ3v) is 6.26. The smallest absolute Gasteiger partial charge is 0.263 e. The van der Waals surface area contributed by atoms with Gasteiger partial charge in [0.2, 0.25) is 0 Å². The summed E-state index contributed by atoms with van der Waals surface area (Å²) in [6, 6.07) is 14.5. The molecule has 5 nitrogen and oxygen atoms in total. The molecule has 0 unspecified atom stereocenters. The second-order valence-electron chi connectivity index (χ2n) is 6.69. The molecule has 0 atom stereocenters. The van der Waals surface area contributed by atoms with E-state index in [1.807, 2.05) is 30.3 Å². The Morgan fingerprint density at radius 3 is 2.66 bits per heavy atom. The molecule has 1 N–H and O–H groups in total. The van der Waals surface area contributed by atoms with Gasteiger partial charge in [0.1, 0.15) is 10.9 Å². The number of thioether (sulfide) groups is 1. The number of nitrogens with zero attached hydrogens (tertiary/aromatic N) is 1. The van der Waals surface area contributed by atoms with E-state index in [4.69, 9.17) is 44.9 Å². The van der Waals surface area contributed by atoms with Crippen LogP contribution in [0.5, 0.6) is 11.5 Å². The molecule has 1 fully saturated rings. The maximum Gasteiger partial charge on any atom is 0.263 e. The van der Waals surface area contributed by atoms with Crippen molar-refractivity contribution in [3.05, 3.63) is 80.9 Å². The molecule has 3 aromatic rings. The largest absolute Gasteiger partial charge is 0.493 e. The Labute approximate surface area is 204 Å². The van der Waals surface area contributed by atoms with Crippen LogP contribution in [0.1, 0.15) is 11.3 Å². The van der Waals surface area contributed by atoms with E-state index >= 15 is 0 Å².